The van der Waals surface area contributed by atoms with E-state index < -0.39 is 0 Å². The van der Waals surface area contributed by atoms with Gasteiger partial charge in [0.2, 0.25) is 0 Å². The van der Waals surface area contributed by atoms with Crippen LogP contribution in [0, 0.1) is 6.92 Å². The number of benzene rings is 1. The van der Waals surface area contributed by atoms with E-state index in [0.29, 0.717) is 10.8 Å². The monoisotopic (exact) mass is 233 g/mol. The van der Waals surface area contributed by atoms with Crippen molar-refractivity contribution < 1.29 is 0 Å². The molecular weight excluding hydrogens is 222 g/mol. The van der Waals surface area contributed by atoms with Gasteiger partial charge in [-0.15, -0.1) is 0 Å². The minimum absolute atomic E-state index is 0.317. The summed E-state index contributed by atoms with van der Waals surface area (Å²) < 4.78 is 0. The Bertz CT molecular complexity index is 494. The van der Waals surface area contributed by atoms with Crippen molar-refractivity contribution in [3.63, 3.8) is 0 Å². The number of rotatable bonds is 2. The molecule has 1 heterocycles. The molecule has 0 bridgehead atoms. The number of nitrogens with one attached hydrogen (secondary N) is 1. The molecule has 2 aromatic rings. The molecule has 0 fully saturated rings. The zero-order valence-electron chi connectivity index (χ0n) is 8.87. The van der Waals surface area contributed by atoms with Crippen molar-refractivity contribution in [2.24, 2.45) is 0 Å². The van der Waals surface area contributed by atoms with Crippen LogP contribution in [0.3, 0.4) is 0 Å². The first-order chi connectivity index (χ1) is 7.66. The van der Waals surface area contributed by atoms with Crippen LogP contribution >= 0.6 is 11.6 Å². The van der Waals surface area contributed by atoms with Crippen LogP contribution in [0.15, 0.2) is 36.5 Å². The molecule has 0 spiro atoms. The lowest BCUT2D eigenvalue weighted by Gasteiger charge is -2.09. The molecule has 0 atom stereocenters. The van der Waals surface area contributed by atoms with Crippen LogP contribution in [0.5, 0.6) is 0 Å². The fourth-order valence-electron chi connectivity index (χ4n) is 1.35. The Labute approximate surface area is 99.3 Å². The number of aromatic nitrogens is 1. The van der Waals surface area contributed by atoms with Gasteiger partial charge in [0.25, 0.3) is 0 Å². The lowest BCUT2D eigenvalue weighted by Crippen LogP contribution is -1.98. The molecule has 4 heteroatoms. The molecule has 3 nitrogen and oxygen atoms in total. The highest BCUT2D eigenvalue weighted by Gasteiger charge is 2.03. The lowest BCUT2D eigenvalue weighted by molar-refractivity contribution is 1.33. The summed E-state index contributed by atoms with van der Waals surface area (Å²) in [5.41, 5.74) is 9.22. The first-order valence-electron chi connectivity index (χ1n) is 4.90. The van der Waals surface area contributed by atoms with Crippen molar-refractivity contribution in [2.75, 3.05) is 11.1 Å². The summed E-state index contributed by atoms with van der Waals surface area (Å²) >= 11 is 5.83. The number of nitrogens with zero attached hydrogens (tertiary/aromatic N) is 1. The number of aryl methyl sites for hydroxylation is 1. The van der Waals surface area contributed by atoms with Crippen molar-refractivity contribution >= 4 is 28.7 Å². The van der Waals surface area contributed by atoms with E-state index in [9.17, 15) is 0 Å². The standard InChI is InChI=1S/C12H12ClN3/c1-8-2-4-9(5-3-8)16-10-6-7-15-12(13)11(10)14/h2-7H,14H2,1H3,(H,15,16). The van der Waals surface area contributed by atoms with Crippen molar-refractivity contribution in [1.82, 2.24) is 4.98 Å². The molecule has 82 valence electrons. The molecule has 0 amide bonds. The minimum atomic E-state index is 0.317. The number of hydrogen-bond donors (Lipinski definition) is 2. The third kappa shape index (κ3) is 2.25. The van der Waals surface area contributed by atoms with Crippen molar-refractivity contribution in [2.45, 2.75) is 6.92 Å². The molecule has 0 saturated heterocycles. The minimum Gasteiger partial charge on any atom is -0.395 e. The quantitative estimate of drug-likeness (QED) is 0.782. The first kappa shape index (κ1) is 10.8. The average Bonchev–Trinajstić information content (AvgIpc) is 2.28. The smallest absolute Gasteiger partial charge is 0.154 e. The van der Waals surface area contributed by atoms with E-state index in [0.717, 1.165) is 11.4 Å². The fourth-order valence-corrected chi connectivity index (χ4v) is 1.51. The van der Waals surface area contributed by atoms with Gasteiger partial charge in [0.1, 0.15) is 0 Å². The summed E-state index contributed by atoms with van der Waals surface area (Å²) in [5, 5.41) is 3.51. The van der Waals surface area contributed by atoms with Gasteiger partial charge in [-0.2, -0.15) is 0 Å². The molecule has 2 rings (SSSR count). The molecule has 0 aliphatic heterocycles. The van der Waals surface area contributed by atoms with E-state index in [1.165, 1.54) is 5.56 Å². The molecule has 0 saturated carbocycles. The van der Waals surface area contributed by atoms with E-state index in [4.69, 9.17) is 17.3 Å². The van der Waals surface area contributed by atoms with Gasteiger partial charge in [-0.1, -0.05) is 29.3 Å². The third-order valence-electron chi connectivity index (χ3n) is 2.27. The summed E-state index contributed by atoms with van der Waals surface area (Å²) in [6.45, 7) is 2.04. The highest BCUT2D eigenvalue weighted by molar-refractivity contribution is 6.32. The second-order valence-electron chi connectivity index (χ2n) is 3.55. The van der Waals surface area contributed by atoms with Crippen LogP contribution < -0.4 is 11.1 Å². The van der Waals surface area contributed by atoms with Crippen molar-refractivity contribution in [3.05, 3.63) is 47.2 Å². The predicted octanol–water partition coefficient (Wildman–Crippen LogP) is 3.37. The Balaban J connectivity index is 2.27. The molecule has 1 aromatic heterocycles. The van der Waals surface area contributed by atoms with Crippen LogP contribution in [-0.2, 0) is 0 Å². The Hall–Kier alpha value is -1.74. The van der Waals surface area contributed by atoms with E-state index in [-0.39, 0.29) is 0 Å². The summed E-state index contributed by atoms with van der Waals surface area (Å²) in [7, 11) is 0. The van der Waals surface area contributed by atoms with Gasteiger partial charge < -0.3 is 11.1 Å². The molecule has 0 unspecified atom stereocenters. The highest BCUT2D eigenvalue weighted by Crippen LogP contribution is 2.27. The van der Waals surface area contributed by atoms with Crippen LogP contribution in [0.25, 0.3) is 0 Å². The van der Waals surface area contributed by atoms with Gasteiger partial charge >= 0.3 is 0 Å². The number of anilines is 3. The van der Waals surface area contributed by atoms with Gasteiger partial charge in [0.15, 0.2) is 5.15 Å². The predicted molar refractivity (Wildman–Crippen MR) is 68.1 cm³/mol. The van der Waals surface area contributed by atoms with E-state index in [1.54, 1.807) is 12.3 Å². The van der Waals surface area contributed by atoms with Gasteiger partial charge in [-0.3, -0.25) is 0 Å². The normalized spacial score (nSPS) is 10.1. The van der Waals surface area contributed by atoms with Gasteiger partial charge in [0, 0.05) is 11.9 Å². The summed E-state index contributed by atoms with van der Waals surface area (Å²) in [4.78, 5) is 3.90. The average molecular weight is 234 g/mol. The van der Waals surface area contributed by atoms with Gasteiger partial charge in [-0.05, 0) is 25.1 Å². The van der Waals surface area contributed by atoms with E-state index in [1.807, 2.05) is 31.2 Å². The fraction of sp³-hybridized carbons (Fsp3) is 0.0833. The van der Waals surface area contributed by atoms with Gasteiger partial charge in [0.05, 0.1) is 11.4 Å². The summed E-state index contributed by atoms with van der Waals surface area (Å²) in [6.07, 6.45) is 1.62. The van der Waals surface area contributed by atoms with Crippen molar-refractivity contribution in [1.29, 1.82) is 0 Å². The van der Waals surface area contributed by atoms with Crippen LogP contribution in [0.4, 0.5) is 17.1 Å². The second kappa shape index (κ2) is 4.41. The number of hydrogen-bond acceptors (Lipinski definition) is 3. The number of halogens is 1. The molecule has 0 aliphatic carbocycles. The Kier molecular flexibility index (Phi) is 2.97. The molecular formula is C12H12ClN3. The topological polar surface area (TPSA) is 50.9 Å². The third-order valence-corrected chi connectivity index (χ3v) is 2.57. The molecule has 0 aliphatic rings. The Morgan fingerprint density at radius 2 is 1.88 bits per heavy atom. The zero-order chi connectivity index (χ0) is 11.5. The first-order valence-corrected chi connectivity index (χ1v) is 5.28. The Morgan fingerprint density at radius 3 is 2.56 bits per heavy atom. The number of nitrogen functional groups attached to an aromatic ring is 1. The van der Waals surface area contributed by atoms with Crippen molar-refractivity contribution in [3.8, 4) is 0 Å². The Morgan fingerprint density at radius 1 is 1.19 bits per heavy atom. The number of pyridine rings is 1. The maximum atomic E-state index is 5.83. The molecule has 16 heavy (non-hydrogen) atoms. The zero-order valence-corrected chi connectivity index (χ0v) is 9.62. The highest BCUT2D eigenvalue weighted by atomic mass is 35.5. The second-order valence-corrected chi connectivity index (χ2v) is 3.91. The molecule has 0 radical (unpaired) electrons. The summed E-state index contributed by atoms with van der Waals surface area (Å²) in [5.74, 6) is 0. The maximum absolute atomic E-state index is 5.83. The van der Waals surface area contributed by atoms with Crippen LogP contribution in [-0.4, -0.2) is 4.98 Å². The van der Waals surface area contributed by atoms with E-state index in [2.05, 4.69) is 10.3 Å². The van der Waals surface area contributed by atoms with Crippen LogP contribution in [0.1, 0.15) is 5.56 Å². The number of nitrogens with two attached hydrogens (primary N) is 1. The maximum Gasteiger partial charge on any atom is 0.154 e. The van der Waals surface area contributed by atoms with Gasteiger partial charge in [-0.25, -0.2) is 4.98 Å². The lowest BCUT2D eigenvalue weighted by atomic mass is 10.2. The molecule has 1 aromatic carbocycles. The summed E-state index contributed by atoms with van der Waals surface area (Å²) in [6, 6.07) is 9.83. The van der Waals surface area contributed by atoms with E-state index >= 15 is 0 Å². The largest absolute Gasteiger partial charge is 0.395 e. The van der Waals surface area contributed by atoms with Crippen LogP contribution in [0.2, 0.25) is 5.15 Å². The molecule has 3 N–H and O–H groups in total. The SMILES string of the molecule is Cc1ccc(Nc2ccnc(Cl)c2N)cc1.